The lowest BCUT2D eigenvalue weighted by molar-refractivity contribution is -0.253. The molecular weight excluding hydrogens is 451 g/mol. The molecule has 0 radical (unpaired) electrons. The fraction of sp³-hybridized carbons (Fsp3) is 0.316. The van der Waals surface area contributed by atoms with Crippen LogP contribution in [0.4, 0.5) is 46.9 Å². The first-order valence-electron chi connectivity index (χ1n) is 8.88. The summed E-state index contributed by atoms with van der Waals surface area (Å²) in [6.07, 6.45) is -16.6. The van der Waals surface area contributed by atoms with E-state index in [1.165, 1.54) is 36.4 Å². The van der Waals surface area contributed by atoms with Crippen LogP contribution in [0, 0.1) is 0 Å². The number of anilines is 2. The molecule has 0 bridgehead atoms. The standard InChI is InChI=1S/C19H18F7N3O3/c20-16(21)19(25,26)32-14-6-1-3-11(7-14)9-29(10-15(30)18(22,23)24)13-5-2-4-12(8-13)28-17(27)31/h1-8,15-16,30H,9-10H2,(H3,27,28,31). The molecule has 0 aliphatic rings. The Morgan fingerprint density at radius 1 is 1.09 bits per heavy atom. The van der Waals surface area contributed by atoms with Crippen molar-refractivity contribution in [1.29, 1.82) is 0 Å². The van der Waals surface area contributed by atoms with E-state index < -0.39 is 43.1 Å². The number of aliphatic hydroxyl groups excluding tert-OH is 1. The second kappa shape index (κ2) is 9.94. The molecule has 0 heterocycles. The second-order valence-electron chi connectivity index (χ2n) is 6.59. The smallest absolute Gasteiger partial charge is 0.428 e. The molecule has 0 fully saturated rings. The van der Waals surface area contributed by atoms with Crippen molar-refractivity contribution in [1.82, 2.24) is 0 Å². The normalized spacial score (nSPS) is 13.0. The Bertz CT molecular complexity index is 925. The van der Waals surface area contributed by atoms with Crippen molar-refractivity contribution in [2.45, 2.75) is 31.4 Å². The van der Waals surface area contributed by atoms with Crippen LogP contribution in [0.1, 0.15) is 5.56 Å². The molecule has 32 heavy (non-hydrogen) atoms. The van der Waals surface area contributed by atoms with Crippen molar-refractivity contribution in [3.8, 4) is 5.75 Å². The van der Waals surface area contributed by atoms with Gasteiger partial charge in [-0.15, -0.1) is 0 Å². The summed E-state index contributed by atoms with van der Waals surface area (Å²) >= 11 is 0. The molecule has 1 atom stereocenters. The van der Waals surface area contributed by atoms with Crippen molar-refractivity contribution < 1.29 is 45.4 Å². The van der Waals surface area contributed by atoms with Crippen molar-refractivity contribution >= 4 is 17.4 Å². The van der Waals surface area contributed by atoms with Crippen LogP contribution in [-0.4, -0.2) is 42.5 Å². The lowest BCUT2D eigenvalue weighted by atomic mass is 10.1. The SMILES string of the molecule is NC(=O)Nc1cccc(N(Cc2cccc(OC(F)(F)C(F)F)c2)CC(O)C(F)(F)F)c1. The molecule has 0 saturated carbocycles. The van der Waals surface area contributed by atoms with Crippen LogP contribution in [-0.2, 0) is 6.54 Å². The van der Waals surface area contributed by atoms with Gasteiger partial charge >= 0.3 is 24.7 Å². The summed E-state index contributed by atoms with van der Waals surface area (Å²) in [6.45, 7) is -1.31. The Balaban J connectivity index is 2.33. The highest BCUT2D eigenvalue weighted by molar-refractivity contribution is 5.88. The minimum atomic E-state index is -4.95. The Kier molecular flexibility index (Phi) is 7.78. The highest BCUT2D eigenvalue weighted by atomic mass is 19.4. The molecule has 4 N–H and O–H groups in total. The summed E-state index contributed by atoms with van der Waals surface area (Å²) in [5.74, 6) is -0.631. The zero-order valence-corrected chi connectivity index (χ0v) is 16.1. The van der Waals surface area contributed by atoms with Gasteiger partial charge in [-0.25, -0.2) is 4.79 Å². The Morgan fingerprint density at radius 3 is 2.34 bits per heavy atom. The largest absolute Gasteiger partial charge is 0.461 e. The molecule has 2 aromatic carbocycles. The number of primary amides is 1. The fourth-order valence-corrected chi connectivity index (χ4v) is 2.63. The number of alkyl halides is 7. The number of carbonyl (C=O) groups excluding carboxylic acids is 1. The molecule has 0 spiro atoms. The van der Waals surface area contributed by atoms with E-state index in [-0.39, 0.29) is 23.5 Å². The van der Waals surface area contributed by atoms with Gasteiger partial charge in [0.25, 0.3) is 0 Å². The van der Waals surface area contributed by atoms with Crippen LogP contribution in [0.15, 0.2) is 48.5 Å². The summed E-state index contributed by atoms with van der Waals surface area (Å²) in [6, 6.07) is 9.00. The molecule has 2 amide bonds. The monoisotopic (exact) mass is 469 g/mol. The molecule has 0 aliphatic heterocycles. The number of hydrogen-bond acceptors (Lipinski definition) is 4. The van der Waals surface area contributed by atoms with Crippen molar-refractivity contribution in [3.63, 3.8) is 0 Å². The molecule has 13 heteroatoms. The molecule has 176 valence electrons. The topological polar surface area (TPSA) is 87.8 Å². The van der Waals surface area contributed by atoms with E-state index >= 15 is 0 Å². The van der Waals surface area contributed by atoms with Gasteiger partial charge in [0.2, 0.25) is 0 Å². The van der Waals surface area contributed by atoms with E-state index in [0.717, 1.165) is 17.0 Å². The van der Waals surface area contributed by atoms with Gasteiger partial charge in [-0.2, -0.15) is 30.7 Å². The van der Waals surface area contributed by atoms with Gasteiger partial charge in [0.05, 0.1) is 6.54 Å². The number of benzene rings is 2. The number of nitrogens with one attached hydrogen (secondary N) is 1. The van der Waals surface area contributed by atoms with Gasteiger partial charge in [-0.3, -0.25) is 0 Å². The molecule has 0 saturated heterocycles. The third kappa shape index (κ3) is 7.18. The van der Waals surface area contributed by atoms with Crippen LogP contribution < -0.4 is 20.7 Å². The molecule has 6 nitrogen and oxygen atoms in total. The summed E-state index contributed by atoms with van der Waals surface area (Å²) in [5.41, 5.74) is 5.40. The summed E-state index contributed by atoms with van der Waals surface area (Å²) in [4.78, 5) is 12.1. The summed E-state index contributed by atoms with van der Waals surface area (Å²) in [7, 11) is 0. The molecule has 2 rings (SSSR count). The molecule has 2 aromatic rings. The van der Waals surface area contributed by atoms with Crippen molar-refractivity contribution in [2.24, 2.45) is 5.73 Å². The second-order valence-corrected chi connectivity index (χ2v) is 6.59. The highest BCUT2D eigenvalue weighted by Crippen LogP contribution is 2.30. The van der Waals surface area contributed by atoms with Crippen molar-refractivity contribution in [2.75, 3.05) is 16.8 Å². The first-order valence-corrected chi connectivity index (χ1v) is 8.88. The predicted molar refractivity (Wildman–Crippen MR) is 101 cm³/mol. The molecule has 0 aromatic heterocycles. The van der Waals surface area contributed by atoms with Gasteiger partial charge < -0.3 is 25.8 Å². The van der Waals surface area contributed by atoms with Gasteiger partial charge in [-0.05, 0) is 35.9 Å². The average Bonchev–Trinajstić information content (AvgIpc) is 2.66. The number of nitrogens with two attached hydrogens (primary N) is 1. The fourth-order valence-electron chi connectivity index (χ4n) is 2.63. The number of urea groups is 1. The predicted octanol–water partition coefficient (Wildman–Crippen LogP) is 4.34. The number of carbonyl (C=O) groups is 1. The van der Waals surface area contributed by atoms with Crippen LogP contribution in [0.2, 0.25) is 0 Å². The quantitative estimate of drug-likeness (QED) is 0.477. The minimum Gasteiger partial charge on any atom is -0.428 e. The number of aliphatic hydroxyl groups is 1. The summed E-state index contributed by atoms with van der Waals surface area (Å²) in [5, 5.41) is 11.8. The number of amides is 2. The Morgan fingerprint density at radius 2 is 1.75 bits per heavy atom. The van der Waals surface area contributed by atoms with Gasteiger partial charge in [0, 0.05) is 17.9 Å². The lowest BCUT2D eigenvalue weighted by Crippen LogP contribution is -2.41. The molecular formula is C19H18F7N3O3. The zero-order chi connectivity index (χ0) is 24.1. The third-order valence-corrected chi connectivity index (χ3v) is 4.03. The van der Waals surface area contributed by atoms with E-state index in [9.17, 15) is 40.6 Å². The maximum atomic E-state index is 13.2. The van der Waals surface area contributed by atoms with Gasteiger partial charge in [0.15, 0.2) is 6.10 Å². The first-order chi connectivity index (χ1) is 14.8. The first kappa shape index (κ1) is 25.0. The number of hydrogen-bond donors (Lipinski definition) is 3. The summed E-state index contributed by atoms with van der Waals surface area (Å²) < 4.78 is 93.8. The Hall–Kier alpha value is -3.22. The average molecular weight is 469 g/mol. The number of rotatable bonds is 9. The van der Waals surface area contributed by atoms with E-state index in [1.54, 1.807) is 0 Å². The lowest BCUT2D eigenvalue weighted by Gasteiger charge is -2.29. The number of halogens is 7. The maximum Gasteiger partial charge on any atom is 0.461 e. The van der Waals surface area contributed by atoms with Crippen LogP contribution in [0.5, 0.6) is 5.75 Å². The van der Waals surface area contributed by atoms with E-state index in [2.05, 4.69) is 10.1 Å². The Labute approximate surface area is 177 Å². The van der Waals surface area contributed by atoms with Crippen LogP contribution in [0.3, 0.4) is 0 Å². The number of nitrogens with zero attached hydrogens (tertiary/aromatic N) is 1. The number of ether oxygens (including phenoxy) is 1. The van der Waals surface area contributed by atoms with E-state index in [1.807, 2.05) is 0 Å². The third-order valence-electron chi connectivity index (χ3n) is 4.03. The highest BCUT2D eigenvalue weighted by Gasteiger charge is 2.44. The maximum absolute atomic E-state index is 13.2. The van der Waals surface area contributed by atoms with Crippen LogP contribution >= 0.6 is 0 Å². The van der Waals surface area contributed by atoms with Crippen LogP contribution in [0.25, 0.3) is 0 Å². The van der Waals surface area contributed by atoms with E-state index in [4.69, 9.17) is 5.73 Å². The zero-order valence-electron chi connectivity index (χ0n) is 16.1. The minimum absolute atomic E-state index is 0.115. The van der Waals surface area contributed by atoms with Gasteiger partial charge in [0.1, 0.15) is 5.75 Å². The molecule has 1 unspecified atom stereocenters. The van der Waals surface area contributed by atoms with Crippen molar-refractivity contribution in [3.05, 3.63) is 54.1 Å². The molecule has 0 aliphatic carbocycles. The van der Waals surface area contributed by atoms with E-state index in [0.29, 0.717) is 0 Å². The van der Waals surface area contributed by atoms with Gasteiger partial charge in [-0.1, -0.05) is 18.2 Å².